The SMILES string of the molecule is CN(C)S(=O)(=O)c1ccc(Cl)c(C(=O)OCC(=O)NC(=O)NC2CCCC2)c1. The van der Waals surface area contributed by atoms with Crippen LogP contribution in [0.5, 0.6) is 0 Å². The van der Waals surface area contributed by atoms with Crippen LogP contribution in [0.1, 0.15) is 36.0 Å². The van der Waals surface area contributed by atoms with Crippen molar-refractivity contribution < 1.29 is 27.5 Å². The van der Waals surface area contributed by atoms with Crippen LogP contribution in [-0.4, -0.2) is 57.4 Å². The number of nitrogens with zero attached hydrogens (tertiary/aromatic N) is 1. The first kappa shape index (κ1) is 22.1. The molecule has 0 heterocycles. The largest absolute Gasteiger partial charge is 0.452 e. The van der Waals surface area contributed by atoms with Crippen molar-refractivity contribution in [1.82, 2.24) is 14.9 Å². The Morgan fingerprint density at radius 3 is 2.46 bits per heavy atom. The van der Waals surface area contributed by atoms with E-state index < -0.39 is 34.5 Å². The van der Waals surface area contributed by atoms with Gasteiger partial charge in [-0.2, -0.15) is 0 Å². The molecule has 0 aromatic heterocycles. The van der Waals surface area contributed by atoms with E-state index in [0.29, 0.717) is 0 Å². The molecule has 1 aliphatic rings. The van der Waals surface area contributed by atoms with E-state index in [1.807, 2.05) is 0 Å². The number of hydrogen-bond acceptors (Lipinski definition) is 6. The predicted octanol–water partition coefficient (Wildman–Crippen LogP) is 1.52. The smallest absolute Gasteiger partial charge is 0.340 e. The number of sulfonamides is 1. The summed E-state index contributed by atoms with van der Waals surface area (Å²) in [5.41, 5.74) is -0.201. The van der Waals surface area contributed by atoms with E-state index in [9.17, 15) is 22.8 Å². The number of ether oxygens (including phenoxy) is 1. The first-order valence-corrected chi connectivity index (χ1v) is 10.4. The van der Waals surface area contributed by atoms with E-state index >= 15 is 0 Å². The molecule has 0 spiro atoms. The zero-order valence-electron chi connectivity index (χ0n) is 15.5. The Hall–Kier alpha value is -2.17. The summed E-state index contributed by atoms with van der Waals surface area (Å²) in [4.78, 5) is 35.5. The molecule has 0 aliphatic heterocycles. The molecule has 1 fully saturated rings. The lowest BCUT2D eigenvalue weighted by Gasteiger charge is -2.13. The van der Waals surface area contributed by atoms with E-state index in [1.165, 1.54) is 26.2 Å². The number of carbonyl (C=O) groups excluding carboxylic acids is 3. The quantitative estimate of drug-likeness (QED) is 0.658. The molecule has 0 radical (unpaired) electrons. The van der Waals surface area contributed by atoms with Crippen LogP contribution in [0.25, 0.3) is 0 Å². The highest BCUT2D eigenvalue weighted by molar-refractivity contribution is 7.89. The van der Waals surface area contributed by atoms with Gasteiger partial charge in [0.05, 0.1) is 15.5 Å². The number of hydrogen-bond donors (Lipinski definition) is 2. The molecule has 154 valence electrons. The van der Waals surface area contributed by atoms with Gasteiger partial charge in [0.25, 0.3) is 5.91 Å². The Kier molecular flexibility index (Phi) is 7.39. The molecule has 0 saturated heterocycles. The van der Waals surface area contributed by atoms with Crippen LogP contribution >= 0.6 is 11.6 Å². The van der Waals surface area contributed by atoms with Crippen molar-refractivity contribution in [3.63, 3.8) is 0 Å². The van der Waals surface area contributed by atoms with Gasteiger partial charge in [-0.3, -0.25) is 10.1 Å². The van der Waals surface area contributed by atoms with Crippen molar-refractivity contribution >= 4 is 39.5 Å². The molecular weight excluding hydrogens is 410 g/mol. The summed E-state index contributed by atoms with van der Waals surface area (Å²) < 4.78 is 30.2. The lowest BCUT2D eigenvalue weighted by molar-refractivity contribution is -0.123. The summed E-state index contributed by atoms with van der Waals surface area (Å²) in [7, 11) is -1.07. The van der Waals surface area contributed by atoms with Crippen LogP contribution in [0.3, 0.4) is 0 Å². The Morgan fingerprint density at radius 1 is 1.21 bits per heavy atom. The third-order valence-corrected chi connectivity index (χ3v) is 6.35. The number of nitrogens with one attached hydrogen (secondary N) is 2. The van der Waals surface area contributed by atoms with Crippen LogP contribution in [0.2, 0.25) is 5.02 Å². The number of urea groups is 1. The number of benzene rings is 1. The molecule has 2 N–H and O–H groups in total. The number of imide groups is 1. The molecule has 1 aromatic carbocycles. The van der Waals surface area contributed by atoms with E-state index in [4.69, 9.17) is 16.3 Å². The maximum absolute atomic E-state index is 12.2. The molecule has 28 heavy (non-hydrogen) atoms. The molecular formula is C17H22ClN3O6S. The Labute approximate surface area is 168 Å². The lowest BCUT2D eigenvalue weighted by atomic mass is 10.2. The fourth-order valence-corrected chi connectivity index (χ4v) is 3.82. The minimum absolute atomic E-state index is 0.0258. The van der Waals surface area contributed by atoms with Gasteiger partial charge in [0, 0.05) is 20.1 Å². The second-order valence-corrected chi connectivity index (χ2v) is 9.07. The minimum atomic E-state index is -3.77. The fraction of sp³-hybridized carbons (Fsp3) is 0.471. The van der Waals surface area contributed by atoms with E-state index in [-0.39, 0.29) is 21.5 Å². The molecule has 1 saturated carbocycles. The van der Waals surface area contributed by atoms with E-state index in [2.05, 4.69) is 10.6 Å². The third kappa shape index (κ3) is 5.66. The summed E-state index contributed by atoms with van der Waals surface area (Å²) in [5, 5.41) is 4.72. The minimum Gasteiger partial charge on any atom is -0.452 e. The molecule has 2 rings (SSSR count). The highest BCUT2D eigenvalue weighted by Crippen LogP contribution is 2.23. The third-order valence-electron chi connectivity index (χ3n) is 4.21. The van der Waals surface area contributed by atoms with E-state index in [1.54, 1.807) is 0 Å². The van der Waals surface area contributed by atoms with Gasteiger partial charge in [0.15, 0.2) is 6.61 Å². The van der Waals surface area contributed by atoms with Crippen LogP contribution < -0.4 is 10.6 Å². The van der Waals surface area contributed by atoms with Gasteiger partial charge in [-0.25, -0.2) is 22.3 Å². The van der Waals surface area contributed by atoms with Crippen molar-refractivity contribution in [2.75, 3.05) is 20.7 Å². The monoisotopic (exact) mass is 431 g/mol. The second-order valence-electron chi connectivity index (χ2n) is 6.51. The van der Waals surface area contributed by atoms with E-state index in [0.717, 1.165) is 36.1 Å². The molecule has 1 aliphatic carbocycles. The summed E-state index contributed by atoms with van der Waals surface area (Å²) in [5.74, 6) is -1.79. The molecule has 9 nitrogen and oxygen atoms in total. The second kappa shape index (κ2) is 9.35. The normalized spacial score (nSPS) is 14.7. The standard InChI is InChI=1S/C17H22ClN3O6S/c1-21(2)28(25,26)12-7-8-14(18)13(9-12)16(23)27-10-15(22)20-17(24)19-11-5-3-4-6-11/h7-9,11H,3-6,10H2,1-2H3,(H2,19,20,22,24). The van der Waals surface area contributed by atoms with Crippen molar-refractivity contribution in [2.45, 2.75) is 36.6 Å². The number of halogens is 1. The summed E-state index contributed by atoms with van der Waals surface area (Å²) in [6.45, 7) is -0.710. The maximum Gasteiger partial charge on any atom is 0.340 e. The molecule has 0 atom stereocenters. The van der Waals surface area contributed by atoms with Crippen LogP contribution in [0.4, 0.5) is 4.79 Å². The summed E-state index contributed by atoms with van der Waals surface area (Å²) in [6, 6.07) is 2.98. The number of rotatable bonds is 6. The van der Waals surface area contributed by atoms with Crippen LogP contribution in [-0.2, 0) is 19.6 Å². The van der Waals surface area contributed by atoms with Gasteiger partial charge in [-0.05, 0) is 31.0 Å². The van der Waals surface area contributed by atoms with Crippen LogP contribution in [0.15, 0.2) is 23.1 Å². The zero-order valence-corrected chi connectivity index (χ0v) is 17.1. The number of amides is 3. The molecule has 3 amide bonds. The van der Waals surface area contributed by atoms with Gasteiger partial charge >= 0.3 is 12.0 Å². The van der Waals surface area contributed by atoms with Gasteiger partial charge < -0.3 is 10.1 Å². The molecule has 0 bridgehead atoms. The van der Waals surface area contributed by atoms with Crippen LogP contribution in [0, 0.1) is 0 Å². The van der Waals surface area contributed by atoms with Gasteiger partial charge in [-0.15, -0.1) is 0 Å². The Balaban J connectivity index is 1.95. The van der Waals surface area contributed by atoms with Gasteiger partial charge in [0.1, 0.15) is 0 Å². The topological polar surface area (TPSA) is 122 Å². The Morgan fingerprint density at radius 2 is 1.86 bits per heavy atom. The molecule has 1 aromatic rings. The first-order valence-electron chi connectivity index (χ1n) is 8.61. The Bertz CT molecular complexity index is 866. The number of carbonyl (C=O) groups is 3. The molecule has 0 unspecified atom stereocenters. The van der Waals surface area contributed by atoms with Gasteiger partial charge in [-0.1, -0.05) is 24.4 Å². The maximum atomic E-state index is 12.2. The summed E-state index contributed by atoms with van der Waals surface area (Å²) in [6.07, 6.45) is 3.78. The van der Waals surface area contributed by atoms with Crippen molar-refractivity contribution in [1.29, 1.82) is 0 Å². The zero-order chi connectivity index (χ0) is 20.9. The predicted molar refractivity (Wildman–Crippen MR) is 102 cm³/mol. The highest BCUT2D eigenvalue weighted by Gasteiger charge is 2.22. The van der Waals surface area contributed by atoms with Crippen molar-refractivity contribution in [3.05, 3.63) is 28.8 Å². The van der Waals surface area contributed by atoms with Crippen molar-refractivity contribution in [2.24, 2.45) is 0 Å². The average molecular weight is 432 g/mol. The van der Waals surface area contributed by atoms with Crippen molar-refractivity contribution in [3.8, 4) is 0 Å². The lowest BCUT2D eigenvalue weighted by Crippen LogP contribution is -2.45. The fourth-order valence-electron chi connectivity index (χ4n) is 2.70. The number of esters is 1. The van der Waals surface area contributed by atoms with Gasteiger partial charge in [0.2, 0.25) is 10.0 Å². The molecule has 11 heteroatoms. The average Bonchev–Trinajstić information content (AvgIpc) is 3.12. The highest BCUT2D eigenvalue weighted by atomic mass is 35.5. The first-order chi connectivity index (χ1) is 13.1. The summed E-state index contributed by atoms with van der Waals surface area (Å²) >= 11 is 5.94.